The first-order valence-corrected chi connectivity index (χ1v) is 7.86. The van der Waals surface area contributed by atoms with Crippen molar-refractivity contribution in [1.29, 1.82) is 0 Å². The molecule has 3 nitrogen and oxygen atoms in total. The number of rotatable bonds is 1. The maximum absolute atomic E-state index is 13.7. The predicted molar refractivity (Wildman–Crippen MR) is 80.8 cm³/mol. The zero-order valence-corrected chi connectivity index (χ0v) is 12.6. The number of hydrogen-bond donors (Lipinski definition) is 1. The van der Waals surface area contributed by atoms with Crippen LogP contribution in [0.3, 0.4) is 0 Å². The molecule has 0 bridgehead atoms. The Balaban J connectivity index is 1.76. The molecule has 1 amide bonds. The molecule has 0 aliphatic carbocycles. The van der Waals surface area contributed by atoms with Crippen molar-refractivity contribution in [3.63, 3.8) is 0 Å². The SMILES string of the molecule is Cc1ccc(C(=O)N2CCCC3(CCCNC3)C2)cc1F. The molecule has 1 aromatic rings. The van der Waals surface area contributed by atoms with Crippen LogP contribution in [-0.2, 0) is 0 Å². The molecule has 2 fully saturated rings. The highest BCUT2D eigenvalue weighted by Gasteiger charge is 2.38. The average molecular weight is 290 g/mol. The highest BCUT2D eigenvalue weighted by molar-refractivity contribution is 5.94. The van der Waals surface area contributed by atoms with Gasteiger partial charge in [0.05, 0.1) is 0 Å². The lowest BCUT2D eigenvalue weighted by molar-refractivity contribution is 0.0433. The van der Waals surface area contributed by atoms with Crippen molar-refractivity contribution in [1.82, 2.24) is 10.2 Å². The van der Waals surface area contributed by atoms with Crippen molar-refractivity contribution in [3.8, 4) is 0 Å². The lowest BCUT2D eigenvalue weighted by Crippen LogP contribution is -2.52. The van der Waals surface area contributed by atoms with E-state index in [0.29, 0.717) is 11.1 Å². The number of carbonyl (C=O) groups excluding carboxylic acids is 1. The zero-order valence-electron chi connectivity index (χ0n) is 12.6. The minimum absolute atomic E-state index is 0.0291. The second kappa shape index (κ2) is 5.76. The first-order chi connectivity index (χ1) is 10.1. The van der Waals surface area contributed by atoms with E-state index in [1.54, 1.807) is 19.1 Å². The summed E-state index contributed by atoms with van der Waals surface area (Å²) in [6.45, 7) is 5.38. The van der Waals surface area contributed by atoms with Gasteiger partial charge in [0.25, 0.3) is 5.91 Å². The van der Waals surface area contributed by atoms with Crippen LogP contribution >= 0.6 is 0 Å². The van der Waals surface area contributed by atoms with Crippen LogP contribution in [0.1, 0.15) is 41.6 Å². The van der Waals surface area contributed by atoms with E-state index in [1.807, 2.05) is 4.90 Å². The fourth-order valence-electron chi connectivity index (χ4n) is 3.67. The van der Waals surface area contributed by atoms with Crippen LogP contribution in [0.5, 0.6) is 0 Å². The molecule has 1 spiro atoms. The molecule has 0 aromatic heterocycles. The summed E-state index contributed by atoms with van der Waals surface area (Å²) in [7, 11) is 0. The van der Waals surface area contributed by atoms with E-state index in [0.717, 1.165) is 32.6 Å². The molecule has 1 N–H and O–H groups in total. The quantitative estimate of drug-likeness (QED) is 0.862. The van der Waals surface area contributed by atoms with Crippen molar-refractivity contribution in [2.75, 3.05) is 26.2 Å². The Labute approximate surface area is 125 Å². The Kier molecular flexibility index (Phi) is 3.98. The maximum Gasteiger partial charge on any atom is 0.253 e. The third-order valence-electron chi connectivity index (χ3n) is 4.93. The van der Waals surface area contributed by atoms with Gasteiger partial charge in [0.15, 0.2) is 0 Å². The molecule has 4 heteroatoms. The second-order valence-electron chi connectivity index (χ2n) is 6.57. The van der Waals surface area contributed by atoms with E-state index in [-0.39, 0.29) is 17.1 Å². The van der Waals surface area contributed by atoms with Gasteiger partial charge in [-0.05, 0) is 56.8 Å². The molecule has 21 heavy (non-hydrogen) atoms. The highest BCUT2D eigenvalue weighted by Crippen LogP contribution is 2.36. The standard InChI is InChI=1S/C17H23FN2O/c1-13-4-5-14(10-15(13)18)16(21)20-9-3-7-17(12-20)6-2-8-19-11-17/h4-5,10,19H,2-3,6-9,11-12H2,1H3. The molecule has 114 valence electrons. The Morgan fingerprint density at radius 3 is 2.86 bits per heavy atom. The summed E-state index contributed by atoms with van der Waals surface area (Å²) in [6, 6.07) is 4.80. The maximum atomic E-state index is 13.7. The molecule has 0 saturated carbocycles. The molecular weight excluding hydrogens is 267 g/mol. The molecule has 2 saturated heterocycles. The van der Waals surface area contributed by atoms with Crippen molar-refractivity contribution in [2.45, 2.75) is 32.6 Å². The normalized spacial score (nSPS) is 26.1. The van der Waals surface area contributed by atoms with Gasteiger partial charge >= 0.3 is 0 Å². The van der Waals surface area contributed by atoms with E-state index >= 15 is 0 Å². The Hall–Kier alpha value is -1.42. The summed E-state index contributed by atoms with van der Waals surface area (Å²) in [4.78, 5) is 14.5. The monoisotopic (exact) mass is 290 g/mol. The van der Waals surface area contributed by atoms with Gasteiger partial charge in [-0.3, -0.25) is 4.79 Å². The molecule has 3 rings (SSSR count). The number of amides is 1. The molecule has 2 aliphatic heterocycles. The lowest BCUT2D eigenvalue weighted by Gasteiger charge is -2.45. The molecule has 1 atom stereocenters. The van der Waals surface area contributed by atoms with Crippen LogP contribution in [0.4, 0.5) is 4.39 Å². The molecule has 1 unspecified atom stereocenters. The van der Waals surface area contributed by atoms with Crippen LogP contribution in [0.25, 0.3) is 0 Å². The number of nitrogens with zero attached hydrogens (tertiary/aromatic N) is 1. The molecule has 0 radical (unpaired) electrons. The van der Waals surface area contributed by atoms with E-state index in [1.165, 1.54) is 25.3 Å². The fourth-order valence-corrected chi connectivity index (χ4v) is 3.67. The number of nitrogens with one attached hydrogen (secondary N) is 1. The van der Waals surface area contributed by atoms with Gasteiger partial charge < -0.3 is 10.2 Å². The van der Waals surface area contributed by atoms with Gasteiger partial charge in [-0.25, -0.2) is 4.39 Å². The summed E-state index contributed by atoms with van der Waals surface area (Å²) in [5.41, 5.74) is 1.28. The molecule has 1 aromatic carbocycles. The van der Waals surface area contributed by atoms with E-state index in [4.69, 9.17) is 0 Å². The number of aryl methyl sites for hydroxylation is 1. The lowest BCUT2D eigenvalue weighted by atomic mass is 9.74. The third kappa shape index (κ3) is 2.95. The Morgan fingerprint density at radius 1 is 1.33 bits per heavy atom. The largest absolute Gasteiger partial charge is 0.338 e. The summed E-state index contributed by atoms with van der Waals surface area (Å²) in [6.07, 6.45) is 4.60. The minimum Gasteiger partial charge on any atom is -0.338 e. The van der Waals surface area contributed by atoms with Crippen LogP contribution < -0.4 is 5.32 Å². The summed E-state index contributed by atoms with van der Waals surface area (Å²) in [5, 5.41) is 3.46. The van der Waals surface area contributed by atoms with Crippen LogP contribution in [0.15, 0.2) is 18.2 Å². The van der Waals surface area contributed by atoms with Crippen LogP contribution in [-0.4, -0.2) is 37.0 Å². The van der Waals surface area contributed by atoms with Gasteiger partial charge in [0.2, 0.25) is 0 Å². The fraction of sp³-hybridized carbons (Fsp3) is 0.588. The summed E-state index contributed by atoms with van der Waals surface area (Å²) >= 11 is 0. The zero-order chi connectivity index (χ0) is 14.9. The summed E-state index contributed by atoms with van der Waals surface area (Å²) in [5.74, 6) is -0.328. The van der Waals surface area contributed by atoms with Crippen molar-refractivity contribution < 1.29 is 9.18 Å². The topological polar surface area (TPSA) is 32.3 Å². The number of halogens is 1. The van der Waals surface area contributed by atoms with Gasteiger partial charge in [-0.15, -0.1) is 0 Å². The van der Waals surface area contributed by atoms with Crippen molar-refractivity contribution in [3.05, 3.63) is 35.1 Å². The average Bonchev–Trinajstić information content (AvgIpc) is 2.50. The van der Waals surface area contributed by atoms with Crippen molar-refractivity contribution in [2.24, 2.45) is 5.41 Å². The van der Waals surface area contributed by atoms with Gasteiger partial charge in [0, 0.05) is 30.6 Å². The molecule has 2 heterocycles. The van der Waals surface area contributed by atoms with Crippen LogP contribution in [0, 0.1) is 18.2 Å². The van der Waals surface area contributed by atoms with E-state index in [2.05, 4.69) is 5.32 Å². The van der Waals surface area contributed by atoms with Gasteiger partial charge in [0.1, 0.15) is 5.82 Å². The van der Waals surface area contributed by atoms with Gasteiger partial charge in [-0.1, -0.05) is 6.07 Å². The Bertz CT molecular complexity index is 532. The third-order valence-corrected chi connectivity index (χ3v) is 4.93. The summed E-state index contributed by atoms with van der Waals surface area (Å²) < 4.78 is 13.7. The van der Waals surface area contributed by atoms with E-state index < -0.39 is 0 Å². The van der Waals surface area contributed by atoms with Crippen LogP contribution in [0.2, 0.25) is 0 Å². The first kappa shape index (κ1) is 14.5. The number of piperidine rings is 2. The number of hydrogen-bond acceptors (Lipinski definition) is 2. The second-order valence-corrected chi connectivity index (χ2v) is 6.57. The van der Waals surface area contributed by atoms with E-state index in [9.17, 15) is 9.18 Å². The minimum atomic E-state index is -0.299. The van der Waals surface area contributed by atoms with Gasteiger partial charge in [-0.2, -0.15) is 0 Å². The highest BCUT2D eigenvalue weighted by atomic mass is 19.1. The van der Waals surface area contributed by atoms with Crippen molar-refractivity contribution >= 4 is 5.91 Å². The number of carbonyl (C=O) groups is 1. The first-order valence-electron chi connectivity index (χ1n) is 7.86. The number of benzene rings is 1. The molecular formula is C17H23FN2O. The Morgan fingerprint density at radius 2 is 2.14 bits per heavy atom. The smallest absolute Gasteiger partial charge is 0.253 e. The molecule has 2 aliphatic rings. The number of likely N-dealkylation sites (tertiary alicyclic amines) is 1. The predicted octanol–water partition coefficient (Wildman–Crippen LogP) is 2.74.